The van der Waals surface area contributed by atoms with Crippen LogP contribution in [0, 0.1) is 0 Å². The lowest BCUT2D eigenvalue weighted by molar-refractivity contribution is 0.0691. The number of nitrogens with zero attached hydrogens (tertiary/aromatic N) is 1. The number of aromatic nitrogens is 1. The lowest BCUT2D eigenvalue weighted by Crippen LogP contribution is -2.25. The molecule has 2 aromatic rings. The van der Waals surface area contributed by atoms with E-state index in [9.17, 15) is 9.59 Å². The third-order valence-corrected chi connectivity index (χ3v) is 2.95. The van der Waals surface area contributed by atoms with Crippen LogP contribution in [0.1, 0.15) is 26.4 Å². The van der Waals surface area contributed by atoms with E-state index in [1.54, 1.807) is 17.6 Å². The molecule has 2 N–H and O–H groups in total. The first-order valence-electron chi connectivity index (χ1n) is 5.16. The number of hydrogen-bond donors (Lipinski definition) is 2. The Morgan fingerprint density at radius 3 is 2.61 bits per heavy atom. The van der Waals surface area contributed by atoms with Gasteiger partial charge in [-0.05, 0) is 12.1 Å². The number of thiazole rings is 1. The molecule has 0 atom stereocenters. The molecule has 92 valence electrons. The molecule has 0 spiro atoms. The fraction of sp³-hybridized carbons (Fsp3) is 0.0833. The summed E-state index contributed by atoms with van der Waals surface area (Å²) in [5.41, 5.74) is 2.57. The second-order valence-electron chi connectivity index (χ2n) is 3.51. The summed E-state index contributed by atoms with van der Waals surface area (Å²) in [4.78, 5) is 26.9. The maximum absolute atomic E-state index is 11.9. The van der Waals surface area contributed by atoms with Gasteiger partial charge in [-0.15, -0.1) is 11.3 Å². The second-order valence-corrected chi connectivity index (χ2v) is 4.23. The molecule has 0 aliphatic carbocycles. The Bertz CT molecular complexity index is 566. The summed E-state index contributed by atoms with van der Waals surface area (Å²) in [6.07, 6.45) is 0. The number of aromatic carboxylic acids is 1. The molecule has 0 saturated carbocycles. The molecule has 0 unspecified atom stereocenters. The normalized spacial score (nSPS) is 10.0. The van der Waals surface area contributed by atoms with Crippen LogP contribution in [0.3, 0.4) is 0 Å². The van der Waals surface area contributed by atoms with Crippen LogP contribution < -0.4 is 5.32 Å². The summed E-state index contributed by atoms with van der Waals surface area (Å²) in [5.74, 6) is -1.53. The number of hydrogen-bond acceptors (Lipinski definition) is 4. The fourth-order valence-electron chi connectivity index (χ4n) is 1.46. The number of amides is 1. The average molecular weight is 262 g/mol. The number of carbonyl (C=O) groups excluding carboxylic acids is 1. The zero-order valence-electron chi connectivity index (χ0n) is 9.29. The van der Waals surface area contributed by atoms with Crippen LogP contribution >= 0.6 is 11.3 Å². The van der Waals surface area contributed by atoms with Gasteiger partial charge in [0.15, 0.2) is 0 Å². The predicted octanol–water partition coefficient (Wildman–Crippen LogP) is 1.77. The number of nitrogens with one attached hydrogen (secondary N) is 1. The molecule has 2 rings (SSSR count). The van der Waals surface area contributed by atoms with E-state index >= 15 is 0 Å². The van der Waals surface area contributed by atoms with Gasteiger partial charge in [0.05, 0.1) is 28.9 Å². The minimum atomic E-state index is -1.12. The molecule has 0 fully saturated rings. The van der Waals surface area contributed by atoms with Crippen molar-refractivity contribution in [1.82, 2.24) is 10.3 Å². The summed E-state index contributed by atoms with van der Waals surface area (Å²) in [6.45, 7) is 0.288. The highest BCUT2D eigenvalue weighted by Crippen LogP contribution is 2.09. The third kappa shape index (κ3) is 2.72. The smallest absolute Gasteiger partial charge is 0.336 e. The molecule has 0 bridgehead atoms. The summed E-state index contributed by atoms with van der Waals surface area (Å²) < 4.78 is 0. The van der Waals surface area contributed by atoms with Crippen LogP contribution in [0.4, 0.5) is 0 Å². The molecule has 0 radical (unpaired) electrons. The summed E-state index contributed by atoms with van der Waals surface area (Å²) in [7, 11) is 0. The van der Waals surface area contributed by atoms with Gasteiger partial charge in [0.25, 0.3) is 5.91 Å². The molecule has 1 aromatic carbocycles. The van der Waals surface area contributed by atoms with Crippen molar-refractivity contribution < 1.29 is 14.7 Å². The van der Waals surface area contributed by atoms with Crippen molar-refractivity contribution in [2.45, 2.75) is 6.54 Å². The van der Waals surface area contributed by atoms with Gasteiger partial charge >= 0.3 is 5.97 Å². The molecule has 5 nitrogen and oxygen atoms in total. The van der Waals surface area contributed by atoms with E-state index in [2.05, 4.69) is 10.3 Å². The number of carboxylic acids is 1. The number of carboxylic acid groups (broad SMARTS) is 1. The number of rotatable bonds is 4. The zero-order valence-corrected chi connectivity index (χ0v) is 10.1. The summed E-state index contributed by atoms with van der Waals surface area (Å²) >= 11 is 1.44. The third-order valence-electron chi connectivity index (χ3n) is 2.32. The lowest BCUT2D eigenvalue weighted by atomic mass is 10.1. The van der Waals surface area contributed by atoms with Crippen molar-refractivity contribution in [3.8, 4) is 0 Å². The first-order chi connectivity index (χ1) is 8.68. The second kappa shape index (κ2) is 5.42. The SMILES string of the molecule is O=C(O)c1ccccc1C(=O)NCc1cscn1. The van der Waals surface area contributed by atoms with Crippen molar-refractivity contribution in [3.63, 3.8) is 0 Å². The van der Waals surface area contributed by atoms with E-state index in [0.717, 1.165) is 5.69 Å². The number of benzene rings is 1. The Balaban J connectivity index is 2.11. The van der Waals surface area contributed by atoms with E-state index in [1.165, 1.54) is 23.5 Å². The van der Waals surface area contributed by atoms with Gasteiger partial charge in [-0.1, -0.05) is 12.1 Å². The van der Waals surface area contributed by atoms with Crippen molar-refractivity contribution in [3.05, 3.63) is 52.0 Å². The lowest BCUT2D eigenvalue weighted by Gasteiger charge is -2.06. The zero-order chi connectivity index (χ0) is 13.0. The van der Waals surface area contributed by atoms with Crippen molar-refractivity contribution in [1.29, 1.82) is 0 Å². The first kappa shape index (κ1) is 12.3. The Labute approximate surface area is 107 Å². The topological polar surface area (TPSA) is 79.3 Å². The van der Waals surface area contributed by atoms with Crippen LogP contribution in [-0.4, -0.2) is 22.0 Å². The van der Waals surface area contributed by atoms with Crippen LogP contribution in [0.5, 0.6) is 0 Å². The Hall–Kier alpha value is -2.21. The average Bonchev–Trinajstić information content (AvgIpc) is 2.89. The van der Waals surface area contributed by atoms with E-state index in [-0.39, 0.29) is 17.7 Å². The van der Waals surface area contributed by atoms with Gasteiger partial charge in [-0.2, -0.15) is 0 Å². The molecular weight excluding hydrogens is 252 g/mol. The molecule has 18 heavy (non-hydrogen) atoms. The molecule has 1 aromatic heterocycles. The van der Waals surface area contributed by atoms with Crippen LogP contribution in [0.2, 0.25) is 0 Å². The van der Waals surface area contributed by atoms with Gasteiger partial charge in [-0.25, -0.2) is 9.78 Å². The van der Waals surface area contributed by atoms with Crippen molar-refractivity contribution >= 4 is 23.2 Å². The molecule has 6 heteroatoms. The minimum Gasteiger partial charge on any atom is -0.478 e. The largest absolute Gasteiger partial charge is 0.478 e. The molecule has 0 saturated heterocycles. The molecular formula is C12H10N2O3S. The van der Waals surface area contributed by atoms with Gasteiger partial charge in [0.1, 0.15) is 0 Å². The Kier molecular flexibility index (Phi) is 3.69. The van der Waals surface area contributed by atoms with Crippen molar-refractivity contribution in [2.24, 2.45) is 0 Å². The van der Waals surface area contributed by atoms with Crippen molar-refractivity contribution in [2.75, 3.05) is 0 Å². The highest BCUT2D eigenvalue weighted by Gasteiger charge is 2.15. The quantitative estimate of drug-likeness (QED) is 0.880. The molecule has 0 aliphatic heterocycles. The monoisotopic (exact) mass is 262 g/mol. The van der Waals surface area contributed by atoms with E-state index in [1.807, 2.05) is 5.38 Å². The molecule has 1 heterocycles. The highest BCUT2D eigenvalue weighted by molar-refractivity contribution is 7.07. The summed E-state index contributed by atoms with van der Waals surface area (Å²) in [6, 6.07) is 6.10. The fourth-order valence-corrected chi connectivity index (χ4v) is 2.02. The first-order valence-corrected chi connectivity index (χ1v) is 6.10. The highest BCUT2D eigenvalue weighted by atomic mass is 32.1. The Morgan fingerprint density at radius 1 is 1.28 bits per heavy atom. The molecule has 0 aliphatic rings. The van der Waals surface area contributed by atoms with E-state index < -0.39 is 11.9 Å². The van der Waals surface area contributed by atoms with Gasteiger partial charge < -0.3 is 10.4 Å². The standard InChI is InChI=1S/C12H10N2O3S/c15-11(13-5-8-6-18-7-14-8)9-3-1-2-4-10(9)12(16)17/h1-4,6-7H,5H2,(H,13,15)(H,16,17). The van der Waals surface area contributed by atoms with E-state index in [0.29, 0.717) is 0 Å². The summed E-state index contributed by atoms with van der Waals surface area (Å²) in [5, 5.41) is 13.4. The minimum absolute atomic E-state index is 0.00622. The van der Waals surface area contributed by atoms with Gasteiger partial charge in [0.2, 0.25) is 0 Å². The Morgan fingerprint density at radius 2 is 2.00 bits per heavy atom. The van der Waals surface area contributed by atoms with Crippen LogP contribution in [0.15, 0.2) is 35.2 Å². The van der Waals surface area contributed by atoms with E-state index in [4.69, 9.17) is 5.11 Å². The predicted molar refractivity (Wildman–Crippen MR) is 66.7 cm³/mol. The maximum Gasteiger partial charge on any atom is 0.336 e. The molecule has 1 amide bonds. The van der Waals surface area contributed by atoms with Gasteiger partial charge in [-0.3, -0.25) is 4.79 Å². The van der Waals surface area contributed by atoms with Crippen LogP contribution in [-0.2, 0) is 6.54 Å². The van der Waals surface area contributed by atoms with Gasteiger partial charge in [0, 0.05) is 5.38 Å². The van der Waals surface area contributed by atoms with Crippen LogP contribution in [0.25, 0.3) is 0 Å². The maximum atomic E-state index is 11.9. The number of carbonyl (C=O) groups is 2.